The van der Waals surface area contributed by atoms with Crippen molar-refractivity contribution in [3.63, 3.8) is 0 Å². The molecule has 0 aliphatic carbocycles. The van der Waals surface area contributed by atoms with Gasteiger partial charge in [-0.05, 0) is 36.1 Å². The summed E-state index contributed by atoms with van der Waals surface area (Å²) in [5.74, 6) is 0.379. The third-order valence-corrected chi connectivity index (χ3v) is 4.06. The predicted octanol–water partition coefficient (Wildman–Crippen LogP) is 4.13. The molecule has 0 radical (unpaired) electrons. The number of aryl methyl sites for hydroxylation is 1. The maximum Gasteiger partial charge on any atom is 0.417 e. The first kappa shape index (κ1) is 19.8. The molecule has 1 aromatic carbocycles. The van der Waals surface area contributed by atoms with Gasteiger partial charge in [-0.3, -0.25) is 4.79 Å². The number of rotatable bonds is 7. The van der Waals surface area contributed by atoms with Gasteiger partial charge in [0.05, 0.1) is 5.56 Å². The summed E-state index contributed by atoms with van der Waals surface area (Å²) in [4.78, 5) is 15.7. The van der Waals surface area contributed by atoms with E-state index < -0.39 is 11.7 Å². The van der Waals surface area contributed by atoms with Crippen LogP contribution in [0.15, 0.2) is 42.6 Å². The summed E-state index contributed by atoms with van der Waals surface area (Å²) in [6, 6.07) is 10.2. The Morgan fingerprint density at radius 3 is 2.50 bits per heavy atom. The van der Waals surface area contributed by atoms with Crippen LogP contribution in [0.1, 0.15) is 36.0 Å². The van der Waals surface area contributed by atoms with Crippen molar-refractivity contribution >= 4 is 11.7 Å². The number of benzene rings is 1. The van der Waals surface area contributed by atoms with Crippen molar-refractivity contribution in [3.8, 4) is 0 Å². The molecule has 0 spiro atoms. The largest absolute Gasteiger partial charge is 0.417 e. The van der Waals surface area contributed by atoms with E-state index in [0.717, 1.165) is 23.4 Å². The number of nitrogens with zero attached hydrogens (tertiary/aromatic N) is 1. The SMILES string of the molecule is Cc1ccccc1C(C)CC(=O)NCCNc1ccc(C(F)(F)F)cn1. The molecule has 1 heterocycles. The van der Waals surface area contributed by atoms with Gasteiger partial charge in [0.15, 0.2) is 0 Å². The molecule has 0 aliphatic rings. The molecule has 2 rings (SSSR count). The fourth-order valence-electron chi connectivity index (χ4n) is 2.66. The van der Waals surface area contributed by atoms with Gasteiger partial charge < -0.3 is 10.6 Å². The van der Waals surface area contributed by atoms with Gasteiger partial charge in [0.25, 0.3) is 0 Å². The van der Waals surface area contributed by atoms with Crippen LogP contribution >= 0.6 is 0 Å². The fraction of sp³-hybridized carbons (Fsp3) is 0.368. The normalized spacial score (nSPS) is 12.5. The predicted molar refractivity (Wildman–Crippen MR) is 94.9 cm³/mol. The zero-order chi connectivity index (χ0) is 19.2. The highest BCUT2D eigenvalue weighted by Gasteiger charge is 2.30. The smallest absolute Gasteiger partial charge is 0.368 e. The highest BCUT2D eigenvalue weighted by Crippen LogP contribution is 2.28. The molecule has 0 aliphatic heterocycles. The number of hydrogen-bond donors (Lipinski definition) is 2. The van der Waals surface area contributed by atoms with Gasteiger partial charge in [0, 0.05) is 25.7 Å². The molecule has 4 nitrogen and oxygen atoms in total. The van der Waals surface area contributed by atoms with Crippen LogP contribution in [0.4, 0.5) is 19.0 Å². The first-order valence-electron chi connectivity index (χ1n) is 8.36. The van der Waals surface area contributed by atoms with Crippen molar-refractivity contribution in [2.45, 2.75) is 32.4 Å². The summed E-state index contributed by atoms with van der Waals surface area (Å²) in [6.45, 7) is 4.77. The Bertz CT molecular complexity index is 730. The van der Waals surface area contributed by atoms with Gasteiger partial charge in [-0.25, -0.2) is 4.98 Å². The van der Waals surface area contributed by atoms with Crippen LogP contribution < -0.4 is 10.6 Å². The van der Waals surface area contributed by atoms with Crippen molar-refractivity contribution in [3.05, 3.63) is 59.3 Å². The van der Waals surface area contributed by atoms with E-state index in [2.05, 4.69) is 15.6 Å². The Morgan fingerprint density at radius 1 is 1.15 bits per heavy atom. The summed E-state index contributed by atoms with van der Waals surface area (Å²) in [5, 5.41) is 5.68. The Balaban J connectivity index is 1.72. The monoisotopic (exact) mass is 365 g/mol. The standard InChI is InChI=1S/C19H22F3N3O/c1-13-5-3-4-6-16(13)14(2)11-18(26)24-10-9-23-17-8-7-15(12-25-17)19(20,21)22/h3-8,12,14H,9-11H2,1-2H3,(H,23,25)(H,24,26). The van der Waals surface area contributed by atoms with Crippen LogP contribution in [0.5, 0.6) is 0 Å². The van der Waals surface area contributed by atoms with E-state index in [4.69, 9.17) is 0 Å². The summed E-state index contributed by atoms with van der Waals surface area (Å²) in [7, 11) is 0. The molecule has 2 aromatic rings. The third-order valence-electron chi connectivity index (χ3n) is 4.06. The van der Waals surface area contributed by atoms with Gasteiger partial charge in [0.2, 0.25) is 5.91 Å². The van der Waals surface area contributed by atoms with Crippen LogP contribution in [0.2, 0.25) is 0 Å². The number of anilines is 1. The highest BCUT2D eigenvalue weighted by atomic mass is 19.4. The van der Waals surface area contributed by atoms with E-state index in [-0.39, 0.29) is 11.8 Å². The van der Waals surface area contributed by atoms with E-state index in [1.165, 1.54) is 6.07 Å². The molecule has 1 atom stereocenters. The molecule has 26 heavy (non-hydrogen) atoms. The first-order valence-corrected chi connectivity index (χ1v) is 8.36. The molecule has 1 unspecified atom stereocenters. The van der Waals surface area contributed by atoms with Crippen molar-refractivity contribution in [2.24, 2.45) is 0 Å². The number of hydrogen-bond acceptors (Lipinski definition) is 3. The second-order valence-electron chi connectivity index (χ2n) is 6.17. The summed E-state index contributed by atoms with van der Waals surface area (Å²) in [5.41, 5.74) is 1.51. The lowest BCUT2D eigenvalue weighted by Crippen LogP contribution is -2.29. The fourth-order valence-corrected chi connectivity index (χ4v) is 2.66. The van der Waals surface area contributed by atoms with Crippen LogP contribution in [0.3, 0.4) is 0 Å². The van der Waals surface area contributed by atoms with Crippen LogP contribution in [0, 0.1) is 6.92 Å². The Labute approximate surface area is 150 Å². The number of carbonyl (C=O) groups excluding carboxylic acids is 1. The zero-order valence-corrected chi connectivity index (χ0v) is 14.7. The molecule has 140 valence electrons. The molecular weight excluding hydrogens is 343 g/mol. The number of amides is 1. The van der Waals surface area contributed by atoms with E-state index >= 15 is 0 Å². The minimum atomic E-state index is -4.40. The molecular formula is C19H22F3N3O. The molecule has 0 saturated heterocycles. The lowest BCUT2D eigenvalue weighted by Gasteiger charge is -2.14. The second kappa shape index (κ2) is 8.69. The van der Waals surface area contributed by atoms with Crippen LogP contribution in [-0.2, 0) is 11.0 Å². The molecule has 0 bridgehead atoms. The molecule has 0 fully saturated rings. The van der Waals surface area contributed by atoms with Crippen molar-refractivity contribution in [1.82, 2.24) is 10.3 Å². The van der Waals surface area contributed by atoms with Crippen LogP contribution in [-0.4, -0.2) is 24.0 Å². The van der Waals surface area contributed by atoms with E-state index in [0.29, 0.717) is 25.3 Å². The van der Waals surface area contributed by atoms with E-state index in [1.807, 2.05) is 38.1 Å². The van der Waals surface area contributed by atoms with Crippen molar-refractivity contribution < 1.29 is 18.0 Å². The van der Waals surface area contributed by atoms with Crippen molar-refractivity contribution in [1.29, 1.82) is 0 Å². The number of aromatic nitrogens is 1. The highest BCUT2D eigenvalue weighted by molar-refractivity contribution is 5.76. The zero-order valence-electron chi connectivity index (χ0n) is 14.7. The maximum atomic E-state index is 12.5. The first-order chi connectivity index (χ1) is 12.3. The Morgan fingerprint density at radius 2 is 1.88 bits per heavy atom. The number of nitrogens with one attached hydrogen (secondary N) is 2. The third kappa shape index (κ3) is 5.75. The van der Waals surface area contributed by atoms with Crippen molar-refractivity contribution in [2.75, 3.05) is 18.4 Å². The summed E-state index contributed by atoms with van der Waals surface area (Å²) < 4.78 is 37.4. The Kier molecular flexibility index (Phi) is 6.60. The van der Waals surface area contributed by atoms with E-state index in [9.17, 15) is 18.0 Å². The molecule has 1 amide bonds. The number of pyridine rings is 1. The number of alkyl halides is 3. The molecule has 2 N–H and O–H groups in total. The average molecular weight is 365 g/mol. The van der Waals surface area contributed by atoms with Gasteiger partial charge in [0.1, 0.15) is 5.82 Å². The van der Waals surface area contributed by atoms with Gasteiger partial charge in [-0.1, -0.05) is 31.2 Å². The molecule has 1 aromatic heterocycles. The van der Waals surface area contributed by atoms with Gasteiger partial charge in [-0.15, -0.1) is 0 Å². The molecule has 0 saturated carbocycles. The number of halogens is 3. The Hall–Kier alpha value is -2.57. The minimum absolute atomic E-state index is 0.0667. The summed E-state index contributed by atoms with van der Waals surface area (Å²) >= 11 is 0. The summed E-state index contributed by atoms with van der Waals surface area (Å²) in [6.07, 6.45) is -3.23. The lowest BCUT2D eigenvalue weighted by atomic mass is 9.93. The van der Waals surface area contributed by atoms with Gasteiger partial charge >= 0.3 is 6.18 Å². The lowest BCUT2D eigenvalue weighted by molar-refractivity contribution is -0.137. The molecule has 7 heteroatoms. The number of carbonyl (C=O) groups is 1. The van der Waals surface area contributed by atoms with Gasteiger partial charge in [-0.2, -0.15) is 13.2 Å². The maximum absolute atomic E-state index is 12.5. The quantitative estimate of drug-likeness (QED) is 0.726. The topological polar surface area (TPSA) is 54.0 Å². The van der Waals surface area contributed by atoms with E-state index in [1.54, 1.807) is 0 Å². The average Bonchev–Trinajstić information content (AvgIpc) is 2.58. The van der Waals surface area contributed by atoms with Crippen LogP contribution in [0.25, 0.3) is 0 Å². The second-order valence-corrected chi connectivity index (χ2v) is 6.17. The minimum Gasteiger partial charge on any atom is -0.368 e.